The van der Waals surface area contributed by atoms with Crippen molar-refractivity contribution in [2.24, 2.45) is 5.41 Å². The Morgan fingerprint density at radius 3 is 2.95 bits per heavy atom. The molecule has 1 heterocycles. The summed E-state index contributed by atoms with van der Waals surface area (Å²) in [6, 6.07) is 1.60. The molecule has 0 unspecified atom stereocenters. The summed E-state index contributed by atoms with van der Waals surface area (Å²) in [7, 11) is 1.56. The van der Waals surface area contributed by atoms with E-state index in [9.17, 15) is 4.79 Å². The summed E-state index contributed by atoms with van der Waals surface area (Å²) in [6.45, 7) is 5.20. The summed E-state index contributed by atoms with van der Waals surface area (Å²) in [5.74, 6) is 0.337. The van der Waals surface area contributed by atoms with Crippen molar-refractivity contribution in [3.8, 4) is 0 Å². The van der Waals surface area contributed by atoms with Gasteiger partial charge >= 0.3 is 0 Å². The maximum Gasteiger partial charge on any atom is 0.273 e. The predicted octanol–water partition coefficient (Wildman–Crippen LogP) is 2.75. The van der Waals surface area contributed by atoms with Crippen LogP contribution in [0.25, 0.3) is 0 Å². The van der Waals surface area contributed by atoms with E-state index in [4.69, 9.17) is 9.26 Å². The number of hydrogen-bond acceptors (Lipinski definition) is 4. The number of aromatic nitrogens is 1. The van der Waals surface area contributed by atoms with Gasteiger partial charge in [0.05, 0.1) is 0 Å². The minimum atomic E-state index is -0.210. The lowest BCUT2D eigenvalue weighted by Gasteiger charge is -2.24. The Bertz CT molecular complexity index is 404. The average Bonchev–Trinajstić information content (AvgIpc) is 2.83. The summed E-state index contributed by atoms with van der Waals surface area (Å²) < 4.78 is 9.89. The first-order chi connectivity index (χ1) is 8.98. The summed E-state index contributed by atoms with van der Waals surface area (Å²) in [4.78, 5) is 11.9. The second-order valence-electron chi connectivity index (χ2n) is 5.25. The number of halogens is 1. The largest absolute Gasteiger partial charge is 0.377 e. The third-order valence-electron chi connectivity index (χ3n) is 2.79. The van der Waals surface area contributed by atoms with Gasteiger partial charge in [0.1, 0.15) is 6.61 Å². The fourth-order valence-corrected chi connectivity index (χ4v) is 1.95. The molecule has 0 atom stereocenters. The summed E-state index contributed by atoms with van der Waals surface area (Å²) in [5, 5.41) is 7.59. The Kier molecular flexibility index (Phi) is 6.51. The molecule has 0 aliphatic heterocycles. The van der Waals surface area contributed by atoms with Gasteiger partial charge < -0.3 is 14.6 Å². The predicted molar refractivity (Wildman–Crippen MR) is 76.4 cm³/mol. The molecular weight excluding hydrogens is 312 g/mol. The van der Waals surface area contributed by atoms with Gasteiger partial charge in [-0.25, -0.2) is 0 Å². The standard InChI is InChI=1S/C13H21BrN2O3/c1-13(2,5-4-6-14)9-15-12(17)11-7-10(8-18-3)19-16-11/h7H,4-6,8-9H2,1-3H3,(H,15,17). The molecule has 0 bridgehead atoms. The molecule has 0 saturated carbocycles. The zero-order chi connectivity index (χ0) is 14.3. The first-order valence-corrected chi connectivity index (χ1v) is 7.39. The van der Waals surface area contributed by atoms with Crippen molar-refractivity contribution in [3.63, 3.8) is 0 Å². The van der Waals surface area contributed by atoms with Crippen molar-refractivity contribution in [2.45, 2.75) is 33.3 Å². The highest BCUT2D eigenvalue weighted by atomic mass is 79.9. The highest BCUT2D eigenvalue weighted by molar-refractivity contribution is 9.09. The molecule has 19 heavy (non-hydrogen) atoms. The maximum absolute atomic E-state index is 11.9. The van der Waals surface area contributed by atoms with Crippen molar-refractivity contribution in [3.05, 3.63) is 17.5 Å². The van der Waals surface area contributed by atoms with Gasteiger partial charge in [-0.3, -0.25) is 4.79 Å². The molecule has 0 radical (unpaired) electrons. The zero-order valence-corrected chi connectivity index (χ0v) is 13.2. The van der Waals surface area contributed by atoms with Crippen LogP contribution in [0.1, 0.15) is 42.9 Å². The smallest absolute Gasteiger partial charge is 0.273 e. The van der Waals surface area contributed by atoms with Gasteiger partial charge in [-0.2, -0.15) is 0 Å². The number of nitrogens with zero attached hydrogens (tertiary/aromatic N) is 1. The number of ether oxygens (including phenoxy) is 1. The van der Waals surface area contributed by atoms with Crippen molar-refractivity contribution in [1.82, 2.24) is 10.5 Å². The normalized spacial score (nSPS) is 11.6. The van der Waals surface area contributed by atoms with Crippen LogP contribution in [0.2, 0.25) is 0 Å². The van der Waals surface area contributed by atoms with Crippen LogP contribution in [0.15, 0.2) is 10.6 Å². The Morgan fingerprint density at radius 2 is 2.32 bits per heavy atom. The van der Waals surface area contributed by atoms with Crippen LogP contribution in [0, 0.1) is 5.41 Å². The summed E-state index contributed by atoms with van der Waals surface area (Å²) in [6.07, 6.45) is 2.14. The number of rotatable bonds is 8. The Morgan fingerprint density at radius 1 is 1.58 bits per heavy atom. The minimum absolute atomic E-state index is 0.0719. The highest BCUT2D eigenvalue weighted by Crippen LogP contribution is 2.21. The fourth-order valence-electron chi connectivity index (χ4n) is 1.67. The number of carbonyl (C=O) groups is 1. The first kappa shape index (κ1) is 16.2. The van der Waals surface area contributed by atoms with Gasteiger partial charge in [-0.1, -0.05) is 34.9 Å². The van der Waals surface area contributed by atoms with Crippen LogP contribution in [0.5, 0.6) is 0 Å². The van der Waals surface area contributed by atoms with E-state index >= 15 is 0 Å². The van der Waals surface area contributed by atoms with Crippen LogP contribution < -0.4 is 5.32 Å². The summed E-state index contributed by atoms with van der Waals surface area (Å²) in [5.41, 5.74) is 0.367. The second-order valence-corrected chi connectivity index (χ2v) is 6.04. The molecule has 6 heteroatoms. The quantitative estimate of drug-likeness (QED) is 0.743. The molecule has 0 aromatic carbocycles. The third kappa shape index (κ3) is 5.74. The molecule has 108 valence electrons. The highest BCUT2D eigenvalue weighted by Gasteiger charge is 2.20. The van der Waals surface area contributed by atoms with Gasteiger partial charge in [0.25, 0.3) is 5.91 Å². The number of nitrogens with one attached hydrogen (secondary N) is 1. The van der Waals surface area contributed by atoms with Crippen molar-refractivity contribution < 1.29 is 14.1 Å². The average molecular weight is 333 g/mol. The van der Waals surface area contributed by atoms with Gasteiger partial charge in [0, 0.05) is 25.1 Å². The number of carbonyl (C=O) groups excluding carboxylic acids is 1. The molecule has 5 nitrogen and oxygen atoms in total. The first-order valence-electron chi connectivity index (χ1n) is 6.27. The van der Waals surface area contributed by atoms with E-state index in [1.54, 1.807) is 13.2 Å². The Labute approximate surface area is 122 Å². The van der Waals surface area contributed by atoms with Crippen LogP contribution in [-0.2, 0) is 11.3 Å². The number of hydrogen-bond donors (Lipinski definition) is 1. The molecule has 0 aliphatic rings. The number of alkyl halides is 1. The van der Waals surface area contributed by atoms with E-state index < -0.39 is 0 Å². The van der Waals surface area contributed by atoms with E-state index in [1.165, 1.54) is 0 Å². The molecule has 1 N–H and O–H groups in total. The molecule has 0 fully saturated rings. The molecule has 1 aromatic rings. The van der Waals surface area contributed by atoms with E-state index in [2.05, 4.69) is 40.3 Å². The van der Waals surface area contributed by atoms with Crippen molar-refractivity contribution in [1.29, 1.82) is 0 Å². The molecule has 0 spiro atoms. The minimum Gasteiger partial charge on any atom is -0.377 e. The van der Waals surface area contributed by atoms with Crippen LogP contribution in [-0.4, -0.2) is 30.0 Å². The zero-order valence-electron chi connectivity index (χ0n) is 11.7. The Hall–Kier alpha value is -0.880. The maximum atomic E-state index is 11.9. The molecular formula is C13H21BrN2O3. The molecule has 1 rings (SSSR count). The SMILES string of the molecule is COCc1cc(C(=O)NCC(C)(C)CCCBr)no1. The van der Waals surface area contributed by atoms with Crippen LogP contribution in [0.4, 0.5) is 0 Å². The molecule has 0 aliphatic carbocycles. The lowest BCUT2D eigenvalue weighted by molar-refractivity contribution is 0.0924. The van der Waals surface area contributed by atoms with E-state index in [-0.39, 0.29) is 11.3 Å². The molecule has 0 saturated heterocycles. The molecule has 1 amide bonds. The molecule has 1 aromatic heterocycles. The van der Waals surface area contributed by atoms with Crippen LogP contribution >= 0.6 is 15.9 Å². The fraction of sp³-hybridized carbons (Fsp3) is 0.692. The van der Waals surface area contributed by atoms with E-state index in [1.807, 2.05) is 0 Å². The topological polar surface area (TPSA) is 64.4 Å². The monoisotopic (exact) mass is 332 g/mol. The van der Waals surface area contributed by atoms with Crippen LogP contribution in [0.3, 0.4) is 0 Å². The Balaban J connectivity index is 2.45. The van der Waals surface area contributed by atoms with Gasteiger partial charge in [-0.05, 0) is 18.3 Å². The summed E-state index contributed by atoms with van der Waals surface area (Å²) >= 11 is 3.41. The third-order valence-corrected chi connectivity index (χ3v) is 3.35. The van der Waals surface area contributed by atoms with Crippen molar-refractivity contribution >= 4 is 21.8 Å². The second kappa shape index (κ2) is 7.65. The van der Waals surface area contributed by atoms with Gasteiger partial charge in [-0.15, -0.1) is 0 Å². The van der Waals surface area contributed by atoms with Gasteiger partial charge in [0.15, 0.2) is 11.5 Å². The van der Waals surface area contributed by atoms with E-state index in [0.717, 1.165) is 18.2 Å². The van der Waals surface area contributed by atoms with Gasteiger partial charge in [0.2, 0.25) is 0 Å². The lowest BCUT2D eigenvalue weighted by Crippen LogP contribution is -2.34. The number of methoxy groups -OCH3 is 1. The lowest BCUT2D eigenvalue weighted by atomic mass is 9.88. The van der Waals surface area contributed by atoms with Crippen molar-refractivity contribution in [2.75, 3.05) is 19.0 Å². The number of amides is 1. The van der Waals surface area contributed by atoms with E-state index in [0.29, 0.717) is 24.6 Å².